The van der Waals surface area contributed by atoms with E-state index in [1.54, 1.807) is 7.11 Å². The normalized spacial score (nSPS) is 19.8. The van der Waals surface area contributed by atoms with Gasteiger partial charge in [-0.25, -0.2) is 0 Å². The van der Waals surface area contributed by atoms with Gasteiger partial charge in [0.15, 0.2) is 0 Å². The van der Waals surface area contributed by atoms with Crippen LogP contribution >= 0.6 is 0 Å². The molecule has 0 aromatic heterocycles. The molecular formula is C15H24N2O. The lowest BCUT2D eigenvalue weighted by Gasteiger charge is -2.28. The number of likely N-dealkylation sites (N-methyl/N-ethyl adjacent to an activating group) is 1. The summed E-state index contributed by atoms with van der Waals surface area (Å²) < 4.78 is 5.49. The van der Waals surface area contributed by atoms with E-state index >= 15 is 0 Å². The molecule has 18 heavy (non-hydrogen) atoms. The Balaban J connectivity index is 2.25. The summed E-state index contributed by atoms with van der Waals surface area (Å²) in [7, 11) is 3.79. The Morgan fingerprint density at radius 3 is 2.89 bits per heavy atom. The van der Waals surface area contributed by atoms with Crippen molar-refractivity contribution in [2.24, 2.45) is 0 Å². The fraction of sp³-hybridized carbons (Fsp3) is 0.600. The Morgan fingerprint density at radius 1 is 1.50 bits per heavy atom. The molecule has 1 aromatic carbocycles. The molecule has 100 valence electrons. The first-order chi connectivity index (χ1) is 8.71. The van der Waals surface area contributed by atoms with Crippen LogP contribution in [0, 0.1) is 0 Å². The third-order valence-corrected chi connectivity index (χ3v) is 3.98. The fourth-order valence-corrected chi connectivity index (χ4v) is 2.93. The first-order valence-electron chi connectivity index (χ1n) is 6.81. The van der Waals surface area contributed by atoms with Gasteiger partial charge in [0, 0.05) is 29.9 Å². The first-order valence-corrected chi connectivity index (χ1v) is 6.81. The van der Waals surface area contributed by atoms with Crippen molar-refractivity contribution in [3.8, 4) is 5.75 Å². The molecule has 1 aromatic rings. The lowest BCUT2D eigenvalue weighted by Crippen LogP contribution is -2.37. The number of hydrogen-bond donors (Lipinski definition) is 1. The number of hydrogen-bond acceptors (Lipinski definition) is 3. The summed E-state index contributed by atoms with van der Waals surface area (Å²) in [4.78, 5) is 2.51. The van der Waals surface area contributed by atoms with E-state index in [1.165, 1.54) is 17.7 Å². The highest BCUT2D eigenvalue weighted by atomic mass is 16.5. The number of ether oxygens (including phenoxy) is 1. The van der Waals surface area contributed by atoms with Gasteiger partial charge in [-0.3, -0.25) is 0 Å². The molecule has 2 atom stereocenters. The molecular weight excluding hydrogens is 224 g/mol. The molecule has 1 aliphatic heterocycles. The number of fused-ring (bicyclic) bond motifs is 1. The van der Waals surface area contributed by atoms with Gasteiger partial charge in [0.2, 0.25) is 0 Å². The van der Waals surface area contributed by atoms with E-state index in [4.69, 9.17) is 4.74 Å². The molecule has 3 heteroatoms. The molecule has 0 fully saturated rings. The third kappa shape index (κ3) is 2.32. The van der Waals surface area contributed by atoms with Crippen molar-refractivity contribution in [2.45, 2.75) is 38.8 Å². The van der Waals surface area contributed by atoms with Gasteiger partial charge in [0.1, 0.15) is 5.75 Å². The van der Waals surface area contributed by atoms with Gasteiger partial charge in [-0.05, 0) is 45.9 Å². The quantitative estimate of drug-likeness (QED) is 0.866. The zero-order valence-corrected chi connectivity index (χ0v) is 11.9. The molecule has 0 spiro atoms. The van der Waals surface area contributed by atoms with Crippen molar-refractivity contribution in [2.75, 3.05) is 25.6 Å². The minimum Gasteiger partial charge on any atom is -0.496 e. The van der Waals surface area contributed by atoms with Crippen LogP contribution in [0.15, 0.2) is 18.2 Å². The molecule has 2 rings (SSSR count). The Labute approximate surface area is 110 Å². The van der Waals surface area contributed by atoms with Crippen LogP contribution in [0.1, 0.15) is 25.8 Å². The smallest absolute Gasteiger partial charge is 0.124 e. The van der Waals surface area contributed by atoms with Gasteiger partial charge in [-0.15, -0.1) is 0 Å². The predicted molar refractivity (Wildman–Crippen MR) is 76.6 cm³/mol. The lowest BCUT2D eigenvalue weighted by molar-refractivity contribution is 0.408. The SMILES string of the molecule is CCN1c2cccc(OC)c2CC1CC(C)NC. The summed E-state index contributed by atoms with van der Waals surface area (Å²) in [5, 5.41) is 3.33. The minimum absolute atomic E-state index is 0.546. The Bertz CT molecular complexity index is 405. The van der Waals surface area contributed by atoms with E-state index in [0.717, 1.165) is 18.7 Å². The summed E-state index contributed by atoms with van der Waals surface area (Å²) in [5.74, 6) is 1.03. The van der Waals surface area contributed by atoms with Crippen LogP contribution in [0.25, 0.3) is 0 Å². The number of nitrogens with one attached hydrogen (secondary N) is 1. The molecule has 0 saturated heterocycles. The van der Waals surface area contributed by atoms with Crippen LogP contribution < -0.4 is 15.0 Å². The number of benzene rings is 1. The van der Waals surface area contributed by atoms with Gasteiger partial charge < -0.3 is 15.0 Å². The summed E-state index contributed by atoms with van der Waals surface area (Å²) >= 11 is 0. The van der Waals surface area contributed by atoms with E-state index in [9.17, 15) is 0 Å². The van der Waals surface area contributed by atoms with Crippen molar-refractivity contribution in [1.82, 2.24) is 5.32 Å². The second-order valence-electron chi connectivity index (χ2n) is 5.03. The van der Waals surface area contributed by atoms with Crippen LogP contribution in [0.5, 0.6) is 5.75 Å². The monoisotopic (exact) mass is 248 g/mol. The maximum atomic E-state index is 5.49. The van der Waals surface area contributed by atoms with E-state index < -0.39 is 0 Å². The molecule has 0 bridgehead atoms. The molecule has 3 nitrogen and oxygen atoms in total. The highest BCUT2D eigenvalue weighted by Crippen LogP contribution is 2.39. The van der Waals surface area contributed by atoms with Crippen LogP contribution in [-0.4, -0.2) is 32.8 Å². The van der Waals surface area contributed by atoms with E-state index in [1.807, 2.05) is 7.05 Å². The fourth-order valence-electron chi connectivity index (χ4n) is 2.93. The predicted octanol–water partition coefficient (Wildman–Crippen LogP) is 2.44. The summed E-state index contributed by atoms with van der Waals surface area (Å²) in [6.45, 7) is 5.53. The topological polar surface area (TPSA) is 24.5 Å². The average Bonchev–Trinajstić information content (AvgIpc) is 2.75. The molecule has 2 unspecified atom stereocenters. The van der Waals surface area contributed by atoms with Crippen LogP contribution in [0.4, 0.5) is 5.69 Å². The average molecular weight is 248 g/mol. The molecule has 0 radical (unpaired) electrons. The van der Waals surface area contributed by atoms with E-state index in [-0.39, 0.29) is 0 Å². The van der Waals surface area contributed by atoms with Crippen molar-refractivity contribution in [1.29, 1.82) is 0 Å². The van der Waals surface area contributed by atoms with Crippen LogP contribution in [0.2, 0.25) is 0 Å². The molecule has 0 aliphatic carbocycles. The number of methoxy groups -OCH3 is 1. The van der Waals surface area contributed by atoms with Gasteiger partial charge in [0.05, 0.1) is 7.11 Å². The standard InChI is InChI=1S/C15H24N2O/c1-5-17-12(9-11(2)16-3)10-13-14(17)7-6-8-15(13)18-4/h6-8,11-12,16H,5,9-10H2,1-4H3. The molecule has 1 heterocycles. The van der Waals surface area contributed by atoms with Crippen molar-refractivity contribution < 1.29 is 4.74 Å². The highest BCUT2D eigenvalue weighted by Gasteiger charge is 2.30. The Kier molecular flexibility index (Phi) is 4.12. The first kappa shape index (κ1) is 13.2. The van der Waals surface area contributed by atoms with Gasteiger partial charge in [-0.1, -0.05) is 6.07 Å². The maximum absolute atomic E-state index is 5.49. The lowest BCUT2D eigenvalue weighted by atomic mass is 10.0. The summed E-state index contributed by atoms with van der Waals surface area (Å²) in [6.07, 6.45) is 2.27. The van der Waals surface area contributed by atoms with Gasteiger partial charge >= 0.3 is 0 Å². The minimum atomic E-state index is 0.546. The number of nitrogens with zero attached hydrogens (tertiary/aromatic N) is 1. The maximum Gasteiger partial charge on any atom is 0.124 e. The van der Waals surface area contributed by atoms with E-state index in [0.29, 0.717) is 12.1 Å². The third-order valence-electron chi connectivity index (χ3n) is 3.98. The van der Waals surface area contributed by atoms with Crippen LogP contribution in [-0.2, 0) is 6.42 Å². The van der Waals surface area contributed by atoms with E-state index in [2.05, 4.69) is 42.3 Å². The summed E-state index contributed by atoms with van der Waals surface area (Å²) in [5.41, 5.74) is 2.72. The van der Waals surface area contributed by atoms with Gasteiger partial charge in [0.25, 0.3) is 0 Å². The molecule has 0 saturated carbocycles. The van der Waals surface area contributed by atoms with Crippen LogP contribution in [0.3, 0.4) is 0 Å². The second kappa shape index (κ2) is 5.61. The Morgan fingerprint density at radius 2 is 2.28 bits per heavy atom. The van der Waals surface area contributed by atoms with Crippen molar-refractivity contribution >= 4 is 5.69 Å². The van der Waals surface area contributed by atoms with Crippen molar-refractivity contribution in [3.63, 3.8) is 0 Å². The molecule has 0 amide bonds. The number of rotatable bonds is 5. The highest BCUT2D eigenvalue weighted by molar-refractivity contribution is 5.64. The molecule has 1 aliphatic rings. The second-order valence-corrected chi connectivity index (χ2v) is 5.03. The number of anilines is 1. The Hall–Kier alpha value is -1.22. The largest absolute Gasteiger partial charge is 0.496 e. The zero-order valence-electron chi connectivity index (χ0n) is 11.9. The van der Waals surface area contributed by atoms with Gasteiger partial charge in [-0.2, -0.15) is 0 Å². The zero-order chi connectivity index (χ0) is 13.1. The van der Waals surface area contributed by atoms with Crippen molar-refractivity contribution in [3.05, 3.63) is 23.8 Å². The summed E-state index contributed by atoms with van der Waals surface area (Å²) in [6, 6.07) is 7.50. The molecule has 1 N–H and O–H groups in total.